The molecule has 1 aliphatic heterocycles. The minimum atomic E-state index is -1.05. The second kappa shape index (κ2) is 6.59. The SMILES string of the molecule is CCCCN(CCCC)C(=O)[C@H]1O[C@@H]1C(=O)O. The second-order valence-corrected chi connectivity index (χ2v) is 4.35. The van der Waals surface area contributed by atoms with Crippen LogP contribution in [0, 0.1) is 0 Å². The first-order valence-electron chi connectivity index (χ1n) is 6.28. The smallest absolute Gasteiger partial charge is 0.336 e. The van der Waals surface area contributed by atoms with E-state index < -0.39 is 18.2 Å². The van der Waals surface area contributed by atoms with Crippen molar-refractivity contribution in [2.75, 3.05) is 13.1 Å². The summed E-state index contributed by atoms with van der Waals surface area (Å²) in [5.74, 6) is -1.21. The lowest BCUT2D eigenvalue weighted by atomic mass is 10.2. The van der Waals surface area contributed by atoms with Gasteiger partial charge in [0.1, 0.15) is 0 Å². The predicted molar refractivity (Wildman–Crippen MR) is 62.7 cm³/mol. The number of amides is 1. The van der Waals surface area contributed by atoms with Gasteiger partial charge in [-0.05, 0) is 12.8 Å². The third-order valence-corrected chi connectivity index (χ3v) is 2.85. The molecule has 1 amide bonds. The van der Waals surface area contributed by atoms with Crippen LogP contribution in [0.15, 0.2) is 0 Å². The van der Waals surface area contributed by atoms with Gasteiger partial charge in [-0.1, -0.05) is 26.7 Å². The molecular formula is C12H21NO4. The van der Waals surface area contributed by atoms with Crippen molar-refractivity contribution in [1.29, 1.82) is 0 Å². The summed E-state index contributed by atoms with van der Waals surface area (Å²) in [5.41, 5.74) is 0. The molecule has 0 aromatic carbocycles. The van der Waals surface area contributed by atoms with Crippen molar-refractivity contribution in [3.63, 3.8) is 0 Å². The van der Waals surface area contributed by atoms with Crippen LogP contribution in [-0.4, -0.2) is 47.2 Å². The third-order valence-electron chi connectivity index (χ3n) is 2.85. The summed E-state index contributed by atoms with van der Waals surface area (Å²) in [6, 6.07) is 0. The zero-order valence-corrected chi connectivity index (χ0v) is 10.5. The van der Waals surface area contributed by atoms with Crippen LogP contribution in [0.1, 0.15) is 39.5 Å². The summed E-state index contributed by atoms with van der Waals surface area (Å²) in [6.45, 7) is 5.52. The molecule has 1 saturated heterocycles. The minimum Gasteiger partial charge on any atom is -0.479 e. The maximum atomic E-state index is 12.0. The van der Waals surface area contributed by atoms with E-state index in [-0.39, 0.29) is 5.91 Å². The van der Waals surface area contributed by atoms with E-state index >= 15 is 0 Å². The Morgan fingerprint density at radius 3 is 2.00 bits per heavy atom. The van der Waals surface area contributed by atoms with Gasteiger partial charge in [-0.15, -0.1) is 0 Å². The zero-order chi connectivity index (χ0) is 12.8. The van der Waals surface area contributed by atoms with Crippen molar-refractivity contribution in [1.82, 2.24) is 4.90 Å². The highest BCUT2D eigenvalue weighted by molar-refractivity contribution is 5.92. The van der Waals surface area contributed by atoms with E-state index in [4.69, 9.17) is 9.84 Å². The van der Waals surface area contributed by atoms with Crippen LogP contribution < -0.4 is 0 Å². The molecule has 2 atom stereocenters. The van der Waals surface area contributed by atoms with Gasteiger partial charge in [-0.25, -0.2) is 4.79 Å². The summed E-state index contributed by atoms with van der Waals surface area (Å²) in [5, 5.41) is 8.71. The van der Waals surface area contributed by atoms with Crippen molar-refractivity contribution >= 4 is 11.9 Å². The summed E-state index contributed by atoms with van der Waals surface area (Å²) < 4.78 is 4.89. The third kappa shape index (κ3) is 4.00. The molecular weight excluding hydrogens is 222 g/mol. The lowest BCUT2D eigenvalue weighted by Gasteiger charge is -2.21. The van der Waals surface area contributed by atoms with Crippen LogP contribution in [0.4, 0.5) is 0 Å². The fourth-order valence-corrected chi connectivity index (χ4v) is 1.70. The van der Waals surface area contributed by atoms with Gasteiger partial charge in [0, 0.05) is 13.1 Å². The largest absolute Gasteiger partial charge is 0.479 e. The highest BCUT2D eigenvalue weighted by Gasteiger charge is 2.51. The minimum absolute atomic E-state index is 0.167. The van der Waals surface area contributed by atoms with Crippen molar-refractivity contribution < 1.29 is 19.4 Å². The van der Waals surface area contributed by atoms with Gasteiger partial charge in [0.25, 0.3) is 5.91 Å². The van der Waals surface area contributed by atoms with E-state index in [1.807, 2.05) is 0 Å². The quantitative estimate of drug-likeness (QED) is 0.652. The summed E-state index contributed by atoms with van der Waals surface area (Å²) in [4.78, 5) is 24.3. The van der Waals surface area contributed by atoms with Gasteiger partial charge < -0.3 is 14.7 Å². The standard InChI is InChI=1S/C12H21NO4/c1-3-5-7-13(8-6-4-2)11(14)9-10(17-9)12(15)16/h9-10H,3-8H2,1-2H3,(H,15,16)/t9-,10-/m0/s1. The Morgan fingerprint density at radius 1 is 1.12 bits per heavy atom. The normalized spacial score (nSPS) is 22.2. The molecule has 0 saturated carbocycles. The molecule has 1 aliphatic rings. The molecule has 5 heteroatoms. The van der Waals surface area contributed by atoms with E-state index in [1.54, 1.807) is 4.90 Å². The molecule has 98 valence electrons. The number of carbonyl (C=O) groups is 2. The maximum Gasteiger partial charge on any atom is 0.336 e. The summed E-state index contributed by atoms with van der Waals surface area (Å²) in [6.07, 6.45) is 2.25. The summed E-state index contributed by atoms with van der Waals surface area (Å²) in [7, 11) is 0. The van der Waals surface area contributed by atoms with Gasteiger partial charge in [0.15, 0.2) is 12.2 Å². The number of ether oxygens (including phenoxy) is 1. The average molecular weight is 243 g/mol. The number of hydrogen-bond donors (Lipinski definition) is 1. The molecule has 0 unspecified atom stereocenters. The molecule has 1 rings (SSSR count). The summed E-state index contributed by atoms with van der Waals surface area (Å²) >= 11 is 0. The molecule has 0 bridgehead atoms. The molecule has 0 spiro atoms. The van der Waals surface area contributed by atoms with E-state index in [1.165, 1.54) is 0 Å². The van der Waals surface area contributed by atoms with Crippen LogP contribution in [0.25, 0.3) is 0 Å². The molecule has 0 radical (unpaired) electrons. The highest BCUT2D eigenvalue weighted by atomic mass is 16.6. The highest BCUT2D eigenvalue weighted by Crippen LogP contribution is 2.24. The predicted octanol–water partition coefficient (Wildman–Crippen LogP) is 1.27. The Kier molecular flexibility index (Phi) is 5.41. The Labute approximate surface area is 102 Å². The molecule has 0 aromatic rings. The lowest BCUT2D eigenvalue weighted by molar-refractivity contribution is -0.139. The number of aliphatic carboxylic acids is 1. The van der Waals surface area contributed by atoms with Gasteiger partial charge in [0.2, 0.25) is 0 Å². The van der Waals surface area contributed by atoms with Crippen molar-refractivity contribution in [3.8, 4) is 0 Å². The maximum absolute atomic E-state index is 12.0. The number of rotatable bonds is 8. The molecule has 0 aromatic heterocycles. The molecule has 1 N–H and O–H groups in total. The fourth-order valence-electron chi connectivity index (χ4n) is 1.70. The first-order chi connectivity index (χ1) is 8.11. The average Bonchev–Trinajstić information content (AvgIpc) is 3.08. The van der Waals surface area contributed by atoms with E-state index in [0.717, 1.165) is 25.7 Å². The van der Waals surface area contributed by atoms with Gasteiger partial charge in [0.05, 0.1) is 0 Å². The lowest BCUT2D eigenvalue weighted by Crippen LogP contribution is -2.37. The number of epoxide rings is 1. The van der Waals surface area contributed by atoms with Crippen LogP contribution in [-0.2, 0) is 14.3 Å². The first kappa shape index (κ1) is 14.0. The van der Waals surface area contributed by atoms with Gasteiger partial charge in [-0.2, -0.15) is 0 Å². The number of carbonyl (C=O) groups excluding carboxylic acids is 1. The second-order valence-electron chi connectivity index (χ2n) is 4.35. The monoisotopic (exact) mass is 243 g/mol. The van der Waals surface area contributed by atoms with Crippen LogP contribution in [0.5, 0.6) is 0 Å². The molecule has 1 heterocycles. The van der Waals surface area contributed by atoms with Crippen LogP contribution in [0.2, 0.25) is 0 Å². The van der Waals surface area contributed by atoms with Gasteiger partial charge in [-0.3, -0.25) is 4.79 Å². The Hall–Kier alpha value is -1.10. The molecule has 0 aliphatic carbocycles. The van der Waals surface area contributed by atoms with Crippen LogP contribution in [0.3, 0.4) is 0 Å². The van der Waals surface area contributed by atoms with E-state index in [9.17, 15) is 9.59 Å². The van der Waals surface area contributed by atoms with E-state index in [2.05, 4.69) is 13.8 Å². The Morgan fingerprint density at radius 2 is 1.65 bits per heavy atom. The zero-order valence-electron chi connectivity index (χ0n) is 10.5. The van der Waals surface area contributed by atoms with Crippen molar-refractivity contribution in [2.45, 2.75) is 51.7 Å². The molecule has 17 heavy (non-hydrogen) atoms. The number of unbranched alkanes of at least 4 members (excludes halogenated alkanes) is 2. The fraction of sp³-hybridized carbons (Fsp3) is 0.833. The topological polar surface area (TPSA) is 70.1 Å². The molecule has 5 nitrogen and oxygen atoms in total. The van der Waals surface area contributed by atoms with E-state index in [0.29, 0.717) is 13.1 Å². The Balaban J connectivity index is 2.45. The number of hydrogen-bond acceptors (Lipinski definition) is 3. The number of nitrogens with zero attached hydrogens (tertiary/aromatic N) is 1. The van der Waals surface area contributed by atoms with Crippen molar-refractivity contribution in [3.05, 3.63) is 0 Å². The van der Waals surface area contributed by atoms with Crippen LogP contribution >= 0.6 is 0 Å². The van der Waals surface area contributed by atoms with Gasteiger partial charge >= 0.3 is 5.97 Å². The number of carboxylic acids is 1. The molecule has 1 fully saturated rings. The van der Waals surface area contributed by atoms with Crippen molar-refractivity contribution in [2.24, 2.45) is 0 Å². The Bertz CT molecular complexity index is 272. The number of carboxylic acid groups (broad SMARTS) is 1. The first-order valence-corrected chi connectivity index (χ1v) is 6.28.